The van der Waals surface area contributed by atoms with E-state index in [1.54, 1.807) is 12.1 Å². The van der Waals surface area contributed by atoms with E-state index >= 15 is 0 Å². The van der Waals surface area contributed by atoms with Crippen molar-refractivity contribution in [2.24, 2.45) is 17.8 Å². The Morgan fingerprint density at radius 1 is 0.833 bits per heavy atom. The van der Waals surface area contributed by atoms with Crippen LogP contribution in [0.1, 0.15) is 28.8 Å². The molecule has 0 amide bonds. The number of carbonyl (C=O) groups excluding carboxylic acids is 1. The maximum absolute atomic E-state index is 13.2. The quantitative estimate of drug-likeness (QED) is 0.488. The predicted octanol–water partition coefficient (Wildman–Crippen LogP) is 6.16. The van der Waals surface area contributed by atoms with E-state index in [0.29, 0.717) is 23.4 Å². The predicted molar refractivity (Wildman–Crippen MR) is 119 cm³/mol. The molecule has 3 atom stereocenters. The Morgan fingerprint density at radius 3 is 2.03 bits per heavy atom. The summed E-state index contributed by atoms with van der Waals surface area (Å²) in [5.74, 6) is -2.08. The van der Waals surface area contributed by atoms with E-state index < -0.39 is 17.8 Å². The maximum atomic E-state index is 13.2. The lowest BCUT2D eigenvalue weighted by Gasteiger charge is -2.20. The first kappa shape index (κ1) is 20.4. The van der Waals surface area contributed by atoms with E-state index in [2.05, 4.69) is 0 Å². The summed E-state index contributed by atoms with van der Waals surface area (Å²) in [7, 11) is 0. The molecule has 4 heteroatoms. The minimum atomic E-state index is -0.871. The van der Waals surface area contributed by atoms with Crippen LogP contribution in [0, 0.1) is 17.8 Å². The van der Waals surface area contributed by atoms with Crippen LogP contribution in [0.5, 0.6) is 0 Å². The number of carbonyl (C=O) groups is 2. The molecule has 3 aromatic rings. The highest BCUT2D eigenvalue weighted by molar-refractivity contribution is 6.30. The smallest absolute Gasteiger partial charge is 0.307 e. The second-order valence-corrected chi connectivity index (χ2v) is 8.38. The second-order valence-electron chi connectivity index (χ2n) is 7.95. The van der Waals surface area contributed by atoms with Gasteiger partial charge < -0.3 is 5.11 Å². The Morgan fingerprint density at radius 2 is 1.43 bits per heavy atom. The van der Waals surface area contributed by atoms with Gasteiger partial charge in [0.25, 0.3) is 0 Å². The number of benzene rings is 3. The summed E-state index contributed by atoms with van der Waals surface area (Å²) in [6.07, 6.45) is 2.06. The van der Waals surface area contributed by atoms with Gasteiger partial charge in [-0.3, -0.25) is 9.59 Å². The third-order valence-electron chi connectivity index (χ3n) is 6.10. The van der Waals surface area contributed by atoms with Crippen molar-refractivity contribution in [3.8, 4) is 11.1 Å². The molecule has 0 aromatic heterocycles. The van der Waals surface area contributed by atoms with Gasteiger partial charge in [-0.1, -0.05) is 78.3 Å². The summed E-state index contributed by atoms with van der Waals surface area (Å²) >= 11 is 5.95. The topological polar surface area (TPSA) is 54.4 Å². The molecule has 4 rings (SSSR count). The number of Topliss-reactive ketones (excluding diaryl/α,β-unsaturated/α-hetero) is 1. The lowest BCUT2D eigenvalue weighted by molar-refractivity contribution is -0.144. The van der Waals surface area contributed by atoms with E-state index in [0.717, 1.165) is 23.1 Å². The molecule has 0 aliphatic heterocycles. The van der Waals surface area contributed by atoms with Crippen molar-refractivity contribution >= 4 is 23.4 Å². The molecule has 0 radical (unpaired) electrons. The highest BCUT2D eigenvalue weighted by Crippen LogP contribution is 2.41. The van der Waals surface area contributed by atoms with Gasteiger partial charge in [0.15, 0.2) is 5.78 Å². The number of halogens is 1. The molecule has 1 N–H and O–H groups in total. The lowest BCUT2D eigenvalue weighted by atomic mass is 9.82. The Balaban J connectivity index is 1.51. The molecule has 0 spiro atoms. The van der Waals surface area contributed by atoms with Crippen LogP contribution < -0.4 is 0 Å². The van der Waals surface area contributed by atoms with Crippen molar-refractivity contribution in [1.29, 1.82) is 0 Å². The van der Waals surface area contributed by atoms with Crippen LogP contribution >= 0.6 is 11.6 Å². The van der Waals surface area contributed by atoms with Crippen molar-refractivity contribution in [1.82, 2.24) is 0 Å². The Kier molecular flexibility index (Phi) is 6.01. The zero-order valence-corrected chi connectivity index (χ0v) is 17.3. The summed E-state index contributed by atoms with van der Waals surface area (Å²) < 4.78 is 0. The number of ketones is 1. The van der Waals surface area contributed by atoms with Crippen molar-refractivity contribution < 1.29 is 14.7 Å². The van der Waals surface area contributed by atoms with Crippen LogP contribution in [0.15, 0.2) is 78.9 Å². The van der Waals surface area contributed by atoms with Crippen molar-refractivity contribution in [2.75, 3.05) is 0 Å². The molecule has 1 aliphatic carbocycles. The molecule has 3 aromatic carbocycles. The molecule has 1 aliphatic rings. The molecule has 30 heavy (non-hydrogen) atoms. The average Bonchev–Trinajstić information content (AvgIpc) is 3.18. The van der Waals surface area contributed by atoms with Crippen LogP contribution in [-0.4, -0.2) is 16.9 Å². The fourth-order valence-corrected chi connectivity index (χ4v) is 4.70. The molecule has 3 nitrogen and oxygen atoms in total. The highest BCUT2D eigenvalue weighted by atomic mass is 35.5. The molecule has 0 heterocycles. The summed E-state index contributed by atoms with van der Waals surface area (Å²) in [5.41, 5.74) is 3.70. The van der Waals surface area contributed by atoms with Gasteiger partial charge >= 0.3 is 5.97 Å². The molecule has 1 fully saturated rings. The number of rotatable bonds is 6. The summed E-state index contributed by atoms with van der Waals surface area (Å²) in [4.78, 5) is 25.2. The van der Waals surface area contributed by atoms with Gasteiger partial charge in [-0.15, -0.1) is 0 Å². The normalized spacial score (nSPS) is 20.8. The number of aliphatic carboxylic acids is 1. The summed E-state index contributed by atoms with van der Waals surface area (Å²) in [5, 5.41) is 10.6. The van der Waals surface area contributed by atoms with Gasteiger partial charge in [0, 0.05) is 16.5 Å². The monoisotopic (exact) mass is 418 g/mol. The Hall–Kier alpha value is -2.91. The SMILES string of the molecule is O=C(c1ccc(-c2ccc(Cl)cc2)cc1)C1CCC(Cc2ccccc2)C1C(=O)O. The van der Waals surface area contributed by atoms with Crippen LogP contribution in [0.4, 0.5) is 0 Å². The fourth-order valence-electron chi connectivity index (χ4n) is 4.58. The standard InChI is InChI=1S/C26H23ClO3/c27-22-13-10-19(11-14-22)18-6-8-20(9-7-18)25(28)23-15-12-21(24(23)26(29)30)16-17-4-2-1-3-5-17/h1-11,13-14,21,23-24H,12,15-16H2,(H,29,30). The Labute approximate surface area is 181 Å². The number of carboxylic acid groups (broad SMARTS) is 1. The van der Waals surface area contributed by atoms with Crippen molar-refractivity contribution in [2.45, 2.75) is 19.3 Å². The molecular formula is C26H23ClO3. The minimum absolute atomic E-state index is 0.0211. The van der Waals surface area contributed by atoms with Crippen molar-refractivity contribution in [3.63, 3.8) is 0 Å². The van der Waals surface area contributed by atoms with Gasteiger partial charge in [-0.05, 0) is 54.0 Å². The fraction of sp³-hybridized carbons (Fsp3) is 0.231. The van der Waals surface area contributed by atoms with Crippen molar-refractivity contribution in [3.05, 3.63) is 95.0 Å². The third-order valence-corrected chi connectivity index (χ3v) is 6.35. The van der Waals surface area contributed by atoms with E-state index in [1.165, 1.54) is 0 Å². The zero-order chi connectivity index (χ0) is 21.1. The number of hydrogen-bond acceptors (Lipinski definition) is 2. The van der Waals surface area contributed by atoms with Crippen LogP contribution in [-0.2, 0) is 11.2 Å². The Bertz CT molecular complexity index is 1030. The first-order valence-electron chi connectivity index (χ1n) is 10.2. The van der Waals surface area contributed by atoms with Gasteiger partial charge in [0.1, 0.15) is 0 Å². The molecule has 0 saturated heterocycles. The second kappa shape index (κ2) is 8.85. The van der Waals surface area contributed by atoms with Crippen LogP contribution in [0.2, 0.25) is 5.02 Å². The van der Waals surface area contributed by atoms with Gasteiger partial charge in [0.2, 0.25) is 0 Å². The molecule has 1 saturated carbocycles. The van der Waals surface area contributed by atoms with E-state index in [1.807, 2.05) is 66.7 Å². The first-order valence-corrected chi connectivity index (χ1v) is 10.6. The number of carboxylic acids is 1. The number of hydrogen-bond donors (Lipinski definition) is 1. The van der Waals surface area contributed by atoms with Gasteiger partial charge in [0.05, 0.1) is 5.92 Å². The minimum Gasteiger partial charge on any atom is -0.481 e. The van der Waals surface area contributed by atoms with Crippen LogP contribution in [0.3, 0.4) is 0 Å². The largest absolute Gasteiger partial charge is 0.481 e. The lowest BCUT2D eigenvalue weighted by Crippen LogP contribution is -2.30. The zero-order valence-electron chi connectivity index (χ0n) is 16.5. The maximum Gasteiger partial charge on any atom is 0.307 e. The summed E-state index contributed by atoms with van der Waals surface area (Å²) in [6.45, 7) is 0. The molecule has 0 bridgehead atoms. The highest BCUT2D eigenvalue weighted by Gasteiger charge is 2.44. The van der Waals surface area contributed by atoms with E-state index in [9.17, 15) is 14.7 Å². The van der Waals surface area contributed by atoms with Gasteiger partial charge in [-0.2, -0.15) is 0 Å². The van der Waals surface area contributed by atoms with Crippen LogP contribution in [0.25, 0.3) is 11.1 Å². The molecule has 152 valence electrons. The summed E-state index contributed by atoms with van der Waals surface area (Å²) in [6, 6.07) is 24.9. The third kappa shape index (κ3) is 4.31. The first-order chi connectivity index (χ1) is 14.5. The van der Waals surface area contributed by atoms with E-state index in [4.69, 9.17) is 11.6 Å². The van der Waals surface area contributed by atoms with E-state index in [-0.39, 0.29) is 11.7 Å². The molecule has 3 unspecified atom stereocenters. The average molecular weight is 419 g/mol. The molecular weight excluding hydrogens is 396 g/mol. The van der Waals surface area contributed by atoms with Gasteiger partial charge in [-0.25, -0.2) is 0 Å².